The number of nitrogens with zero attached hydrogens (tertiary/aromatic N) is 2. The zero-order valence-electron chi connectivity index (χ0n) is 11.4. The lowest BCUT2D eigenvalue weighted by atomic mass is 9.81. The van der Waals surface area contributed by atoms with Gasteiger partial charge < -0.3 is 14.9 Å². The average Bonchev–Trinajstić information content (AvgIpc) is 2.66. The highest BCUT2D eigenvalue weighted by atomic mass is 19.2. The molecule has 5 nitrogen and oxygen atoms in total. The minimum absolute atomic E-state index is 0.0656. The smallest absolute Gasteiger partial charge is 0.219 e. The summed E-state index contributed by atoms with van der Waals surface area (Å²) in [5.41, 5.74) is 6.08. The molecule has 1 saturated carbocycles. The number of ether oxygens (including phenoxy) is 1. The standard InChI is InChI=1S/C12H19BFN3O2/c1-7(15)3-4-10-16-17-11(18-10)8-5-9(6-8)19-12(2,13)14/h8-9H,1,3-6,13,15H2,2H3. The van der Waals surface area contributed by atoms with Crippen molar-refractivity contribution < 1.29 is 13.5 Å². The molecule has 0 radical (unpaired) electrons. The zero-order chi connectivity index (χ0) is 14.0. The molecule has 19 heavy (non-hydrogen) atoms. The van der Waals surface area contributed by atoms with Crippen molar-refractivity contribution in [2.75, 3.05) is 0 Å². The molecule has 104 valence electrons. The fourth-order valence-corrected chi connectivity index (χ4v) is 2.06. The van der Waals surface area contributed by atoms with Crippen molar-refractivity contribution in [3.05, 3.63) is 24.1 Å². The lowest BCUT2D eigenvalue weighted by Gasteiger charge is -2.35. The van der Waals surface area contributed by atoms with E-state index in [0.29, 0.717) is 30.3 Å². The maximum Gasteiger partial charge on any atom is 0.219 e. The largest absolute Gasteiger partial charge is 0.425 e. The van der Waals surface area contributed by atoms with E-state index in [1.165, 1.54) is 14.8 Å². The van der Waals surface area contributed by atoms with E-state index in [-0.39, 0.29) is 12.0 Å². The van der Waals surface area contributed by atoms with Crippen molar-refractivity contribution in [1.29, 1.82) is 0 Å². The van der Waals surface area contributed by atoms with Crippen molar-refractivity contribution in [2.24, 2.45) is 5.73 Å². The monoisotopic (exact) mass is 267 g/mol. The first kappa shape index (κ1) is 14.1. The minimum atomic E-state index is -1.59. The third-order valence-electron chi connectivity index (χ3n) is 3.03. The molecule has 1 aliphatic rings. The highest BCUT2D eigenvalue weighted by molar-refractivity contribution is 6.12. The van der Waals surface area contributed by atoms with Crippen LogP contribution in [-0.4, -0.2) is 29.9 Å². The molecule has 1 aromatic heterocycles. The Kier molecular flexibility index (Phi) is 3.94. The van der Waals surface area contributed by atoms with Crippen molar-refractivity contribution in [3.8, 4) is 0 Å². The van der Waals surface area contributed by atoms with Crippen LogP contribution in [-0.2, 0) is 11.2 Å². The second-order valence-corrected chi connectivity index (χ2v) is 5.46. The van der Waals surface area contributed by atoms with Gasteiger partial charge in [0.25, 0.3) is 0 Å². The SMILES string of the molecule is BC(C)(F)OC1CC(c2nnc(CCC(=C)N)o2)C1. The Bertz CT molecular complexity index is 452. The quantitative estimate of drug-likeness (QED) is 0.779. The van der Waals surface area contributed by atoms with Gasteiger partial charge in [0.05, 0.1) is 6.10 Å². The van der Waals surface area contributed by atoms with Crippen LogP contribution in [0.1, 0.15) is 43.9 Å². The van der Waals surface area contributed by atoms with Crippen LogP contribution in [0.4, 0.5) is 4.39 Å². The first-order chi connectivity index (χ1) is 8.83. The Labute approximate surface area is 112 Å². The molecule has 1 heterocycles. The molecular formula is C12H19BFN3O2. The summed E-state index contributed by atoms with van der Waals surface area (Å²) in [4.78, 5) is 0. The van der Waals surface area contributed by atoms with Gasteiger partial charge in [-0.1, -0.05) is 6.58 Å². The van der Waals surface area contributed by atoms with Crippen LogP contribution in [0.2, 0.25) is 0 Å². The van der Waals surface area contributed by atoms with Crippen molar-refractivity contribution in [1.82, 2.24) is 10.2 Å². The van der Waals surface area contributed by atoms with Crippen LogP contribution in [0.15, 0.2) is 16.7 Å². The summed E-state index contributed by atoms with van der Waals surface area (Å²) < 4.78 is 24.1. The molecule has 1 fully saturated rings. The average molecular weight is 267 g/mol. The Morgan fingerprint density at radius 1 is 1.63 bits per heavy atom. The molecular weight excluding hydrogens is 248 g/mol. The van der Waals surface area contributed by atoms with E-state index < -0.39 is 5.75 Å². The lowest BCUT2D eigenvalue weighted by Crippen LogP contribution is -2.37. The van der Waals surface area contributed by atoms with E-state index in [1.807, 2.05) is 0 Å². The van der Waals surface area contributed by atoms with Gasteiger partial charge in [-0.2, -0.15) is 0 Å². The van der Waals surface area contributed by atoms with Gasteiger partial charge in [-0.15, -0.1) is 10.2 Å². The van der Waals surface area contributed by atoms with Crippen molar-refractivity contribution >= 4 is 7.85 Å². The van der Waals surface area contributed by atoms with Gasteiger partial charge in [0, 0.05) is 18.0 Å². The Morgan fingerprint density at radius 2 is 2.32 bits per heavy atom. The van der Waals surface area contributed by atoms with E-state index in [0.717, 1.165) is 12.8 Å². The van der Waals surface area contributed by atoms with E-state index in [9.17, 15) is 4.39 Å². The summed E-state index contributed by atoms with van der Waals surface area (Å²) in [5, 5.41) is 7.97. The molecule has 2 N–H and O–H groups in total. The molecule has 1 atom stereocenters. The molecule has 1 aromatic rings. The third kappa shape index (κ3) is 4.06. The second-order valence-electron chi connectivity index (χ2n) is 5.46. The highest BCUT2D eigenvalue weighted by Gasteiger charge is 2.38. The van der Waals surface area contributed by atoms with Gasteiger partial charge in [-0.3, -0.25) is 0 Å². The van der Waals surface area contributed by atoms with E-state index in [4.69, 9.17) is 14.9 Å². The van der Waals surface area contributed by atoms with Crippen molar-refractivity contribution in [2.45, 2.75) is 50.4 Å². The molecule has 7 heteroatoms. The number of nitrogens with two attached hydrogens (primary N) is 1. The number of alkyl halides is 1. The van der Waals surface area contributed by atoms with Crippen LogP contribution < -0.4 is 5.73 Å². The van der Waals surface area contributed by atoms with Crippen LogP contribution in [0, 0.1) is 0 Å². The number of hydrogen-bond acceptors (Lipinski definition) is 5. The number of halogens is 1. The summed E-state index contributed by atoms with van der Waals surface area (Å²) in [5.74, 6) is -0.238. The zero-order valence-corrected chi connectivity index (χ0v) is 11.4. The maximum atomic E-state index is 13.3. The summed E-state index contributed by atoms with van der Waals surface area (Å²) in [6, 6.07) is 0. The summed E-state index contributed by atoms with van der Waals surface area (Å²) in [7, 11) is 1.41. The number of allylic oxidation sites excluding steroid dienone is 1. The first-order valence-corrected chi connectivity index (χ1v) is 6.46. The Balaban J connectivity index is 1.80. The predicted molar refractivity (Wildman–Crippen MR) is 70.9 cm³/mol. The van der Waals surface area contributed by atoms with Gasteiger partial charge in [0.1, 0.15) is 0 Å². The lowest BCUT2D eigenvalue weighted by molar-refractivity contribution is -0.139. The third-order valence-corrected chi connectivity index (χ3v) is 3.03. The maximum absolute atomic E-state index is 13.3. The summed E-state index contributed by atoms with van der Waals surface area (Å²) in [6.45, 7) is 5.03. The predicted octanol–water partition coefficient (Wildman–Crippen LogP) is 1.01. The van der Waals surface area contributed by atoms with E-state index in [1.54, 1.807) is 0 Å². The van der Waals surface area contributed by atoms with Crippen LogP contribution in [0.3, 0.4) is 0 Å². The number of rotatable bonds is 6. The topological polar surface area (TPSA) is 74.2 Å². The molecule has 0 amide bonds. The molecule has 0 bridgehead atoms. The molecule has 2 rings (SSSR count). The van der Waals surface area contributed by atoms with Crippen LogP contribution >= 0.6 is 0 Å². The molecule has 1 unspecified atom stereocenters. The second kappa shape index (κ2) is 5.32. The van der Waals surface area contributed by atoms with E-state index in [2.05, 4.69) is 16.8 Å². The van der Waals surface area contributed by atoms with Gasteiger partial charge in [-0.25, -0.2) is 4.39 Å². The number of hydrogen-bond donors (Lipinski definition) is 1. The van der Waals surface area contributed by atoms with E-state index >= 15 is 0 Å². The van der Waals surface area contributed by atoms with Gasteiger partial charge >= 0.3 is 0 Å². The first-order valence-electron chi connectivity index (χ1n) is 6.46. The molecule has 0 spiro atoms. The normalized spacial score (nSPS) is 25.6. The Morgan fingerprint density at radius 3 is 2.89 bits per heavy atom. The van der Waals surface area contributed by atoms with Gasteiger partial charge in [0.15, 0.2) is 13.6 Å². The number of aryl methyl sites for hydroxylation is 1. The molecule has 0 saturated heterocycles. The Hall–Kier alpha value is -1.37. The summed E-state index contributed by atoms with van der Waals surface area (Å²) in [6.07, 6.45) is 2.61. The minimum Gasteiger partial charge on any atom is -0.425 e. The molecule has 0 aliphatic heterocycles. The highest BCUT2D eigenvalue weighted by Crippen LogP contribution is 2.39. The fourth-order valence-electron chi connectivity index (χ4n) is 2.06. The van der Waals surface area contributed by atoms with Crippen LogP contribution in [0.5, 0.6) is 0 Å². The van der Waals surface area contributed by atoms with Crippen molar-refractivity contribution in [3.63, 3.8) is 0 Å². The fraction of sp³-hybridized carbons (Fsp3) is 0.667. The van der Waals surface area contributed by atoms with Gasteiger partial charge in [-0.05, 0) is 26.2 Å². The molecule has 0 aromatic carbocycles. The molecule has 1 aliphatic carbocycles. The number of aromatic nitrogens is 2. The summed E-state index contributed by atoms with van der Waals surface area (Å²) >= 11 is 0. The van der Waals surface area contributed by atoms with Crippen LogP contribution in [0.25, 0.3) is 0 Å². The van der Waals surface area contributed by atoms with Gasteiger partial charge in [0.2, 0.25) is 11.8 Å².